The summed E-state index contributed by atoms with van der Waals surface area (Å²) in [6.07, 6.45) is 5.71. The van der Waals surface area contributed by atoms with Gasteiger partial charge in [-0.3, -0.25) is 9.79 Å². The number of nitrogens with zero attached hydrogens (tertiary/aromatic N) is 2. The number of rotatable bonds is 4. The van der Waals surface area contributed by atoms with E-state index < -0.39 is 5.60 Å². The van der Waals surface area contributed by atoms with Crippen molar-refractivity contribution < 1.29 is 9.90 Å². The zero-order valence-corrected chi connectivity index (χ0v) is 9.59. The molecular weight excluding hydrogens is 206 g/mol. The predicted octanol–water partition coefficient (Wildman–Crippen LogP) is -0.0970. The van der Waals surface area contributed by atoms with Crippen LogP contribution in [0.5, 0.6) is 0 Å². The Morgan fingerprint density at radius 1 is 1.56 bits per heavy atom. The smallest absolute Gasteiger partial charge is 0.209 e. The molecule has 0 unspecified atom stereocenters. The predicted molar refractivity (Wildman–Crippen MR) is 63.1 cm³/mol. The van der Waals surface area contributed by atoms with Crippen LogP contribution in [0.25, 0.3) is 0 Å². The molecule has 0 aromatic carbocycles. The highest BCUT2D eigenvalue weighted by Gasteiger charge is 2.32. The molecule has 1 amide bonds. The molecule has 1 rings (SSSR count). The van der Waals surface area contributed by atoms with Crippen molar-refractivity contribution in [3.63, 3.8) is 0 Å². The minimum Gasteiger partial charge on any atom is -0.402 e. The first kappa shape index (κ1) is 12.7. The Hall–Kier alpha value is -1.36. The number of aliphatic hydroxyl groups is 1. The summed E-state index contributed by atoms with van der Waals surface area (Å²) >= 11 is 0. The lowest BCUT2D eigenvalue weighted by Crippen LogP contribution is -2.44. The Balaban J connectivity index is 2.50. The van der Waals surface area contributed by atoms with Gasteiger partial charge in [0.05, 0.1) is 5.60 Å². The van der Waals surface area contributed by atoms with E-state index in [4.69, 9.17) is 5.73 Å². The molecule has 5 heteroatoms. The Bertz CT molecular complexity index is 292. The maximum Gasteiger partial charge on any atom is 0.209 e. The Morgan fingerprint density at radius 2 is 2.19 bits per heavy atom. The zero-order valence-electron chi connectivity index (χ0n) is 9.59. The third-order valence-electron chi connectivity index (χ3n) is 2.85. The summed E-state index contributed by atoms with van der Waals surface area (Å²) in [5, 5.41) is 10.2. The molecule has 1 fully saturated rings. The number of piperidine rings is 1. The molecule has 5 nitrogen and oxygen atoms in total. The van der Waals surface area contributed by atoms with Crippen molar-refractivity contribution in [1.82, 2.24) is 4.90 Å². The van der Waals surface area contributed by atoms with Crippen LogP contribution in [0, 0.1) is 0 Å². The van der Waals surface area contributed by atoms with Gasteiger partial charge in [-0.1, -0.05) is 0 Å². The molecule has 1 heterocycles. The normalized spacial score (nSPS) is 21.4. The van der Waals surface area contributed by atoms with Gasteiger partial charge in [0.25, 0.3) is 0 Å². The minimum atomic E-state index is -0.776. The van der Waals surface area contributed by atoms with E-state index in [0.29, 0.717) is 38.0 Å². The highest BCUT2D eigenvalue weighted by molar-refractivity contribution is 5.71. The number of carbonyl (C=O) groups is 1. The van der Waals surface area contributed by atoms with E-state index in [-0.39, 0.29) is 0 Å². The number of likely N-dealkylation sites (tertiary alicyclic amines) is 1. The molecular formula is C11H19N3O2. The first-order chi connectivity index (χ1) is 7.59. The Labute approximate surface area is 95.6 Å². The van der Waals surface area contributed by atoms with Crippen LogP contribution in [0.3, 0.4) is 0 Å². The van der Waals surface area contributed by atoms with Crippen LogP contribution in [0.1, 0.15) is 19.3 Å². The Morgan fingerprint density at radius 3 is 2.69 bits per heavy atom. The molecule has 0 atom stereocenters. The standard InChI is InChI=1S/C11H19N3O2/c1-13-5-2-10(12)8-11(16)3-6-14(9-15)7-4-11/h2,5,9,16H,3-4,6-8,12H2,1H3. The summed E-state index contributed by atoms with van der Waals surface area (Å²) in [7, 11) is 1.67. The average molecular weight is 225 g/mol. The molecule has 0 aromatic heterocycles. The fourth-order valence-corrected chi connectivity index (χ4v) is 1.83. The second-order valence-electron chi connectivity index (χ2n) is 4.19. The Kier molecular flexibility index (Phi) is 4.49. The van der Waals surface area contributed by atoms with Crippen LogP contribution in [0.4, 0.5) is 0 Å². The SMILES string of the molecule is CN=CC=C(N)CC1(O)CCN(C=O)CC1. The molecule has 0 bridgehead atoms. The van der Waals surface area contributed by atoms with E-state index >= 15 is 0 Å². The number of carbonyl (C=O) groups excluding carboxylic acids is 1. The molecule has 0 aliphatic carbocycles. The molecule has 90 valence electrons. The van der Waals surface area contributed by atoms with Crippen molar-refractivity contribution in [2.45, 2.75) is 24.9 Å². The largest absolute Gasteiger partial charge is 0.402 e. The number of hydrogen-bond donors (Lipinski definition) is 2. The molecule has 0 radical (unpaired) electrons. The molecule has 1 saturated heterocycles. The van der Waals surface area contributed by atoms with Crippen LogP contribution >= 0.6 is 0 Å². The molecule has 1 aliphatic heterocycles. The summed E-state index contributed by atoms with van der Waals surface area (Å²) in [4.78, 5) is 16.0. The summed E-state index contributed by atoms with van der Waals surface area (Å²) in [6.45, 7) is 1.18. The van der Waals surface area contributed by atoms with E-state index in [2.05, 4.69) is 4.99 Å². The molecule has 1 aliphatic rings. The third-order valence-corrected chi connectivity index (χ3v) is 2.85. The van der Waals surface area contributed by atoms with E-state index in [0.717, 1.165) is 6.41 Å². The lowest BCUT2D eigenvalue weighted by molar-refractivity contribution is -0.122. The van der Waals surface area contributed by atoms with Gasteiger partial charge in [0.15, 0.2) is 0 Å². The van der Waals surface area contributed by atoms with Crippen LogP contribution in [-0.4, -0.2) is 48.4 Å². The lowest BCUT2D eigenvalue weighted by Gasteiger charge is -2.36. The first-order valence-corrected chi connectivity index (χ1v) is 5.38. The topological polar surface area (TPSA) is 78.9 Å². The van der Waals surface area contributed by atoms with Gasteiger partial charge in [-0.05, 0) is 18.9 Å². The number of allylic oxidation sites excluding steroid dienone is 1. The van der Waals surface area contributed by atoms with Crippen molar-refractivity contribution in [3.8, 4) is 0 Å². The van der Waals surface area contributed by atoms with E-state index in [1.807, 2.05) is 0 Å². The van der Waals surface area contributed by atoms with Crippen molar-refractivity contribution >= 4 is 12.6 Å². The van der Waals surface area contributed by atoms with Gasteiger partial charge in [0.2, 0.25) is 6.41 Å². The van der Waals surface area contributed by atoms with E-state index in [1.54, 1.807) is 24.2 Å². The van der Waals surface area contributed by atoms with Crippen molar-refractivity contribution in [3.05, 3.63) is 11.8 Å². The molecule has 0 saturated carbocycles. The number of aliphatic imine (C=N–C) groups is 1. The quantitative estimate of drug-likeness (QED) is 0.518. The summed E-state index contributed by atoms with van der Waals surface area (Å²) in [5.41, 5.74) is 5.61. The van der Waals surface area contributed by atoms with E-state index in [9.17, 15) is 9.90 Å². The lowest BCUT2D eigenvalue weighted by atomic mass is 9.87. The average Bonchev–Trinajstić information content (AvgIpc) is 2.27. The van der Waals surface area contributed by atoms with Gasteiger partial charge in [-0.15, -0.1) is 0 Å². The van der Waals surface area contributed by atoms with Gasteiger partial charge in [-0.25, -0.2) is 0 Å². The van der Waals surface area contributed by atoms with Gasteiger partial charge >= 0.3 is 0 Å². The highest BCUT2D eigenvalue weighted by Crippen LogP contribution is 2.26. The van der Waals surface area contributed by atoms with Crippen LogP contribution in [-0.2, 0) is 4.79 Å². The van der Waals surface area contributed by atoms with Crippen LogP contribution < -0.4 is 5.73 Å². The second-order valence-corrected chi connectivity index (χ2v) is 4.19. The van der Waals surface area contributed by atoms with Gasteiger partial charge in [-0.2, -0.15) is 0 Å². The third kappa shape index (κ3) is 3.66. The van der Waals surface area contributed by atoms with Crippen molar-refractivity contribution in [1.29, 1.82) is 0 Å². The fraction of sp³-hybridized carbons (Fsp3) is 0.636. The van der Waals surface area contributed by atoms with E-state index in [1.165, 1.54) is 0 Å². The molecule has 16 heavy (non-hydrogen) atoms. The van der Waals surface area contributed by atoms with Crippen LogP contribution in [0.15, 0.2) is 16.8 Å². The number of amides is 1. The molecule has 0 spiro atoms. The summed E-state index contributed by atoms with van der Waals surface area (Å²) < 4.78 is 0. The summed E-state index contributed by atoms with van der Waals surface area (Å²) in [5.74, 6) is 0. The van der Waals surface area contributed by atoms with Crippen molar-refractivity contribution in [2.75, 3.05) is 20.1 Å². The second kappa shape index (κ2) is 5.65. The van der Waals surface area contributed by atoms with Crippen LogP contribution in [0.2, 0.25) is 0 Å². The highest BCUT2D eigenvalue weighted by atomic mass is 16.3. The van der Waals surface area contributed by atoms with Gasteiger partial charge < -0.3 is 15.7 Å². The maximum atomic E-state index is 10.5. The maximum absolute atomic E-state index is 10.5. The van der Waals surface area contributed by atoms with Gasteiger partial charge in [0.1, 0.15) is 0 Å². The molecule has 0 aromatic rings. The monoisotopic (exact) mass is 225 g/mol. The number of hydrogen-bond acceptors (Lipinski definition) is 4. The summed E-state index contributed by atoms with van der Waals surface area (Å²) in [6, 6.07) is 0. The van der Waals surface area contributed by atoms with Crippen molar-refractivity contribution in [2.24, 2.45) is 10.7 Å². The minimum absolute atomic E-state index is 0.436. The zero-order chi connectivity index (χ0) is 12.0. The first-order valence-electron chi connectivity index (χ1n) is 5.38. The fourth-order valence-electron chi connectivity index (χ4n) is 1.83. The molecule has 3 N–H and O–H groups in total. The van der Waals surface area contributed by atoms with Gasteiger partial charge in [0, 0.05) is 38.5 Å². The number of nitrogens with two attached hydrogens (primary N) is 1.